The van der Waals surface area contributed by atoms with Gasteiger partial charge in [-0.05, 0) is 59.7 Å². The van der Waals surface area contributed by atoms with Crippen LogP contribution in [0.2, 0.25) is 0 Å². The van der Waals surface area contributed by atoms with Gasteiger partial charge < -0.3 is 16.4 Å². The number of fused-ring (bicyclic) bond motifs is 1. The van der Waals surface area contributed by atoms with Gasteiger partial charge in [0.05, 0.1) is 11.2 Å². The average molecular weight is 505 g/mol. The molecule has 0 saturated heterocycles. The van der Waals surface area contributed by atoms with E-state index in [1.165, 1.54) is 30.7 Å². The van der Waals surface area contributed by atoms with E-state index < -0.39 is 11.7 Å². The lowest BCUT2D eigenvalue weighted by Gasteiger charge is -2.15. The van der Waals surface area contributed by atoms with Crippen LogP contribution in [-0.2, 0) is 4.79 Å². The molecule has 8 nitrogen and oxygen atoms in total. The lowest BCUT2D eigenvalue weighted by molar-refractivity contribution is -0.111. The van der Waals surface area contributed by atoms with Gasteiger partial charge in [-0.25, -0.2) is 19.3 Å². The second kappa shape index (κ2) is 10.3. The Bertz CT molecular complexity index is 1700. The van der Waals surface area contributed by atoms with Crippen molar-refractivity contribution in [1.29, 1.82) is 0 Å². The SMILES string of the molecule is C=CC(=O)Nc1cccc(-c2cc(-c3ccc(C(=O)Nc4ncccc4F)cc3)c(N)c3cncnc23)c1. The van der Waals surface area contributed by atoms with Crippen LogP contribution < -0.4 is 16.4 Å². The van der Waals surface area contributed by atoms with E-state index in [4.69, 9.17) is 5.73 Å². The Morgan fingerprint density at radius 3 is 2.50 bits per heavy atom. The van der Waals surface area contributed by atoms with Crippen molar-refractivity contribution in [3.05, 3.63) is 109 Å². The zero-order chi connectivity index (χ0) is 26.6. The Labute approximate surface area is 217 Å². The molecular weight excluding hydrogens is 483 g/mol. The van der Waals surface area contributed by atoms with E-state index in [9.17, 15) is 14.0 Å². The summed E-state index contributed by atoms with van der Waals surface area (Å²) in [5, 5.41) is 5.90. The van der Waals surface area contributed by atoms with Crippen molar-refractivity contribution in [1.82, 2.24) is 15.0 Å². The van der Waals surface area contributed by atoms with Crippen LogP contribution in [0.1, 0.15) is 10.4 Å². The molecule has 2 amide bonds. The monoisotopic (exact) mass is 504 g/mol. The molecule has 0 aliphatic carbocycles. The summed E-state index contributed by atoms with van der Waals surface area (Å²) >= 11 is 0. The number of nitrogens with two attached hydrogens (primary N) is 1. The van der Waals surface area contributed by atoms with Crippen LogP contribution in [0.25, 0.3) is 33.2 Å². The first-order valence-electron chi connectivity index (χ1n) is 11.5. The number of carbonyl (C=O) groups is 2. The lowest BCUT2D eigenvalue weighted by Crippen LogP contribution is -2.14. The number of halogens is 1. The van der Waals surface area contributed by atoms with Gasteiger partial charge in [-0.2, -0.15) is 0 Å². The molecule has 0 bridgehead atoms. The third kappa shape index (κ3) is 4.80. The highest BCUT2D eigenvalue weighted by molar-refractivity contribution is 6.08. The Hall–Kier alpha value is -5.44. The zero-order valence-electron chi connectivity index (χ0n) is 20.0. The highest BCUT2D eigenvalue weighted by atomic mass is 19.1. The largest absolute Gasteiger partial charge is 0.398 e. The first-order valence-corrected chi connectivity index (χ1v) is 11.5. The lowest BCUT2D eigenvalue weighted by atomic mass is 9.93. The maximum atomic E-state index is 13.9. The minimum atomic E-state index is -0.621. The third-order valence-electron chi connectivity index (χ3n) is 5.91. The molecule has 0 spiro atoms. The molecule has 38 heavy (non-hydrogen) atoms. The molecular formula is C29H21FN6O2. The molecule has 5 rings (SSSR count). The molecule has 4 N–H and O–H groups in total. The van der Waals surface area contributed by atoms with Crippen molar-refractivity contribution < 1.29 is 14.0 Å². The first-order chi connectivity index (χ1) is 18.4. The number of carbonyl (C=O) groups excluding carboxylic acids is 2. The van der Waals surface area contributed by atoms with E-state index in [2.05, 4.69) is 32.2 Å². The molecule has 0 atom stereocenters. The fourth-order valence-electron chi connectivity index (χ4n) is 4.05. The Morgan fingerprint density at radius 1 is 0.921 bits per heavy atom. The van der Waals surface area contributed by atoms with E-state index in [0.717, 1.165) is 16.7 Å². The summed E-state index contributed by atoms with van der Waals surface area (Å²) in [5.41, 5.74) is 11.7. The molecule has 9 heteroatoms. The first kappa shape index (κ1) is 24.3. The van der Waals surface area contributed by atoms with Crippen LogP contribution in [-0.4, -0.2) is 26.8 Å². The number of amides is 2. The maximum absolute atomic E-state index is 13.9. The van der Waals surface area contributed by atoms with Crippen molar-refractivity contribution in [3.63, 3.8) is 0 Å². The van der Waals surface area contributed by atoms with Gasteiger partial charge >= 0.3 is 0 Å². The van der Waals surface area contributed by atoms with Gasteiger partial charge in [0.25, 0.3) is 5.91 Å². The fraction of sp³-hybridized carbons (Fsp3) is 0. The van der Waals surface area contributed by atoms with E-state index in [0.29, 0.717) is 33.4 Å². The second-order valence-corrected chi connectivity index (χ2v) is 8.31. The van der Waals surface area contributed by atoms with E-state index in [1.807, 2.05) is 24.3 Å². The van der Waals surface area contributed by atoms with Crippen LogP contribution in [0.3, 0.4) is 0 Å². The summed E-state index contributed by atoms with van der Waals surface area (Å²) in [5.74, 6) is -1.57. The van der Waals surface area contributed by atoms with Crippen molar-refractivity contribution in [2.24, 2.45) is 0 Å². The molecule has 3 aromatic carbocycles. The Balaban J connectivity index is 1.54. The van der Waals surface area contributed by atoms with Crippen LogP contribution in [0.4, 0.5) is 21.6 Å². The summed E-state index contributed by atoms with van der Waals surface area (Å²) < 4.78 is 13.9. The predicted molar refractivity (Wildman–Crippen MR) is 146 cm³/mol. The van der Waals surface area contributed by atoms with Gasteiger partial charge in [0.15, 0.2) is 11.6 Å². The number of rotatable bonds is 6. The summed E-state index contributed by atoms with van der Waals surface area (Å²) in [6.07, 6.45) is 5.70. The number of anilines is 3. The topological polar surface area (TPSA) is 123 Å². The highest BCUT2D eigenvalue weighted by Gasteiger charge is 2.16. The van der Waals surface area contributed by atoms with Gasteiger partial charge in [0.1, 0.15) is 6.33 Å². The standard InChI is InChI=1S/C29H21FN6O2/c1-2-25(37)35-20-6-3-5-19(13-20)22-14-21(26(31)23-15-32-16-34-27(22)23)17-8-10-18(11-9-17)29(38)36-28-24(30)7-4-12-33-28/h2-16H,1,31H2,(H,35,37)(H,33,36,38). The number of nitrogen functional groups attached to an aromatic ring is 1. The molecule has 5 aromatic rings. The van der Waals surface area contributed by atoms with Gasteiger partial charge in [-0.3, -0.25) is 9.59 Å². The minimum Gasteiger partial charge on any atom is -0.398 e. The minimum absolute atomic E-state index is 0.142. The van der Waals surface area contributed by atoms with Crippen molar-refractivity contribution in [3.8, 4) is 22.3 Å². The number of nitrogens with zero attached hydrogens (tertiary/aromatic N) is 3. The summed E-state index contributed by atoms with van der Waals surface area (Å²) in [4.78, 5) is 36.9. The molecule has 0 fully saturated rings. The maximum Gasteiger partial charge on any atom is 0.256 e. The number of aromatic nitrogens is 3. The Kier molecular flexibility index (Phi) is 6.56. The summed E-state index contributed by atoms with van der Waals surface area (Å²) in [6, 6.07) is 18.7. The van der Waals surface area contributed by atoms with Crippen LogP contribution in [0.5, 0.6) is 0 Å². The van der Waals surface area contributed by atoms with Crippen molar-refractivity contribution in [2.75, 3.05) is 16.4 Å². The van der Waals surface area contributed by atoms with E-state index in [1.54, 1.807) is 36.5 Å². The zero-order valence-corrected chi connectivity index (χ0v) is 20.0. The smallest absolute Gasteiger partial charge is 0.256 e. The van der Waals surface area contributed by atoms with Crippen molar-refractivity contribution >= 4 is 39.9 Å². The van der Waals surface area contributed by atoms with Gasteiger partial charge in [0, 0.05) is 40.2 Å². The second-order valence-electron chi connectivity index (χ2n) is 8.31. The van der Waals surface area contributed by atoms with Crippen LogP contribution in [0, 0.1) is 5.82 Å². The van der Waals surface area contributed by atoms with E-state index in [-0.39, 0.29) is 11.7 Å². The Morgan fingerprint density at radius 2 is 1.74 bits per heavy atom. The summed E-state index contributed by atoms with van der Waals surface area (Å²) in [7, 11) is 0. The molecule has 0 aliphatic heterocycles. The van der Waals surface area contributed by atoms with Gasteiger partial charge in [-0.15, -0.1) is 0 Å². The molecule has 2 aromatic heterocycles. The average Bonchev–Trinajstić information content (AvgIpc) is 2.95. The number of hydrogen-bond acceptors (Lipinski definition) is 6. The molecule has 0 unspecified atom stereocenters. The van der Waals surface area contributed by atoms with Gasteiger partial charge in [0.2, 0.25) is 5.91 Å². The quantitative estimate of drug-likeness (QED) is 0.209. The predicted octanol–water partition coefficient (Wildman–Crippen LogP) is 5.46. The molecule has 0 aliphatic rings. The molecule has 186 valence electrons. The number of hydrogen-bond donors (Lipinski definition) is 3. The number of pyridine rings is 1. The number of nitrogens with one attached hydrogen (secondary N) is 2. The number of benzene rings is 3. The third-order valence-corrected chi connectivity index (χ3v) is 5.91. The fourth-order valence-corrected chi connectivity index (χ4v) is 4.05. The molecule has 0 saturated carbocycles. The van der Waals surface area contributed by atoms with Crippen molar-refractivity contribution in [2.45, 2.75) is 0 Å². The molecule has 0 radical (unpaired) electrons. The van der Waals surface area contributed by atoms with Crippen LogP contribution in [0.15, 0.2) is 98.1 Å². The van der Waals surface area contributed by atoms with Gasteiger partial charge in [-0.1, -0.05) is 30.8 Å². The molecule has 2 heterocycles. The van der Waals surface area contributed by atoms with E-state index >= 15 is 0 Å². The summed E-state index contributed by atoms with van der Waals surface area (Å²) in [6.45, 7) is 3.49. The van der Waals surface area contributed by atoms with Crippen LogP contribution >= 0.6 is 0 Å². The highest BCUT2D eigenvalue weighted by Crippen LogP contribution is 2.39. The normalized spacial score (nSPS) is 10.7.